The lowest BCUT2D eigenvalue weighted by Gasteiger charge is -2.34. The maximum atomic E-state index is 11.5. The van der Waals surface area contributed by atoms with Crippen LogP contribution in [-0.2, 0) is 19.0 Å². The molecule has 0 spiro atoms. The molecule has 0 aromatic rings. The van der Waals surface area contributed by atoms with Gasteiger partial charge in [0, 0.05) is 5.57 Å². The minimum atomic E-state index is -3.47. The fraction of sp³-hybridized carbons (Fsp3) is 0.700. The summed E-state index contributed by atoms with van der Waals surface area (Å²) >= 11 is 0. The molecule has 0 aromatic carbocycles. The van der Waals surface area contributed by atoms with Gasteiger partial charge in [-0.05, 0) is 20.8 Å². The number of hydrogen-bond donors (Lipinski definition) is 0. The number of amides is 1. The predicted molar refractivity (Wildman–Crippen MR) is 61.8 cm³/mol. The highest BCUT2D eigenvalue weighted by Gasteiger charge is 2.29. The van der Waals surface area contributed by atoms with Gasteiger partial charge < -0.3 is 8.92 Å². The van der Waals surface area contributed by atoms with Gasteiger partial charge in [-0.3, -0.25) is 4.90 Å². The van der Waals surface area contributed by atoms with E-state index in [-0.39, 0.29) is 0 Å². The van der Waals surface area contributed by atoms with Gasteiger partial charge in [0.25, 0.3) is 0 Å². The smallest absolute Gasteiger partial charge is 0.410 e. The second-order valence-electron chi connectivity index (χ2n) is 4.91. The van der Waals surface area contributed by atoms with E-state index in [1.54, 1.807) is 20.8 Å². The number of likely N-dealkylation sites (tertiary alicyclic amines) is 1. The summed E-state index contributed by atoms with van der Waals surface area (Å²) in [5.41, 5.74) is 0.209. The quantitative estimate of drug-likeness (QED) is 0.551. The average Bonchev–Trinajstić information content (AvgIpc) is 1.94. The number of ether oxygens (including phenoxy) is 1. The summed E-state index contributed by atoms with van der Waals surface area (Å²) in [5, 5.41) is 0. The Morgan fingerprint density at radius 1 is 1.35 bits per heavy atom. The second kappa shape index (κ2) is 4.56. The van der Waals surface area contributed by atoms with Crippen LogP contribution in [0, 0.1) is 0 Å². The van der Waals surface area contributed by atoms with Gasteiger partial charge in [0.1, 0.15) is 11.9 Å². The van der Waals surface area contributed by atoms with E-state index in [1.165, 1.54) is 4.90 Å². The molecule has 0 atom stereocenters. The van der Waals surface area contributed by atoms with Crippen molar-refractivity contribution < 1.29 is 22.1 Å². The minimum Gasteiger partial charge on any atom is -0.444 e. The third-order valence-electron chi connectivity index (χ3n) is 1.83. The molecule has 1 amide bonds. The summed E-state index contributed by atoms with van der Waals surface area (Å²) in [5.74, 6) is 0. The van der Waals surface area contributed by atoms with Crippen molar-refractivity contribution in [1.82, 2.24) is 4.90 Å². The molecule has 6 nitrogen and oxygen atoms in total. The van der Waals surface area contributed by atoms with Crippen molar-refractivity contribution in [3.05, 3.63) is 11.8 Å². The van der Waals surface area contributed by atoms with E-state index in [4.69, 9.17) is 4.74 Å². The van der Waals surface area contributed by atoms with Crippen LogP contribution in [0.15, 0.2) is 11.8 Å². The zero-order valence-corrected chi connectivity index (χ0v) is 11.2. The molecule has 1 saturated heterocycles. The molecule has 1 rings (SSSR count). The zero-order valence-electron chi connectivity index (χ0n) is 10.4. The van der Waals surface area contributed by atoms with Gasteiger partial charge in [0.2, 0.25) is 0 Å². The summed E-state index contributed by atoms with van der Waals surface area (Å²) in [6, 6.07) is 0. The average molecular weight is 263 g/mol. The molecular weight excluding hydrogens is 246 g/mol. The van der Waals surface area contributed by atoms with Gasteiger partial charge >= 0.3 is 16.2 Å². The molecule has 0 aromatic heterocycles. The van der Waals surface area contributed by atoms with E-state index >= 15 is 0 Å². The first-order valence-corrected chi connectivity index (χ1v) is 6.92. The van der Waals surface area contributed by atoms with Crippen molar-refractivity contribution in [2.75, 3.05) is 19.3 Å². The van der Waals surface area contributed by atoms with Gasteiger partial charge in [-0.25, -0.2) is 4.79 Å². The summed E-state index contributed by atoms with van der Waals surface area (Å²) < 4.78 is 31.0. The standard InChI is InChI=1S/C10H17NO5S/c1-10(2,3)16-9(12)11-5-8(6-11)7-15-17(4,13)14/h7H,5-6H2,1-4H3. The Hall–Kier alpha value is -1.24. The Morgan fingerprint density at radius 2 is 1.88 bits per heavy atom. The van der Waals surface area contributed by atoms with Crippen LogP contribution in [0.3, 0.4) is 0 Å². The maximum absolute atomic E-state index is 11.5. The van der Waals surface area contributed by atoms with Gasteiger partial charge in [-0.15, -0.1) is 0 Å². The fourth-order valence-electron chi connectivity index (χ4n) is 1.13. The summed E-state index contributed by atoms with van der Waals surface area (Å²) in [7, 11) is -3.47. The molecule has 1 heterocycles. The molecular formula is C10H17NO5S. The Kier molecular flexibility index (Phi) is 3.71. The highest BCUT2D eigenvalue weighted by atomic mass is 32.2. The zero-order chi connectivity index (χ0) is 13.3. The van der Waals surface area contributed by atoms with Crippen molar-refractivity contribution in [3.8, 4) is 0 Å². The summed E-state index contributed by atoms with van der Waals surface area (Å²) in [6.45, 7) is 6.03. The lowest BCUT2D eigenvalue weighted by atomic mass is 10.1. The number of carbonyl (C=O) groups is 1. The number of carbonyl (C=O) groups excluding carboxylic acids is 1. The predicted octanol–water partition coefficient (Wildman–Crippen LogP) is 1.10. The van der Waals surface area contributed by atoms with E-state index in [9.17, 15) is 13.2 Å². The minimum absolute atomic E-state index is 0.338. The lowest BCUT2D eigenvalue weighted by molar-refractivity contribution is 0.0211. The maximum Gasteiger partial charge on any atom is 0.410 e. The van der Waals surface area contributed by atoms with Crippen molar-refractivity contribution in [1.29, 1.82) is 0 Å². The normalized spacial score (nSPS) is 16.2. The first-order valence-electron chi connectivity index (χ1n) is 5.11. The second-order valence-corrected chi connectivity index (χ2v) is 6.51. The van der Waals surface area contributed by atoms with Crippen LogP contribution in [0.5, 0.6) is 0 Å². The molecule has 0 radical (unpaired) electrons. The van der Waals surface area contributed by atoms with Crippen LogP contribution >= 0.6 is 0 Å². The molecule has 7 heteroatoms. The van der Waals surface area contributed by atoms with Crippen molar-refractivity contribution >= 4 is 16.2 Å². The largest absolute Gasteiger partial charge is 0.444 e. The van der Waals surface area contributed by atoms with Crippen LogP contribution in [0.4, 0.5) is 4.79 Å². The summed E-state index contributed by atoms with van der Waals surface area (Å²) in [6.07, 6.45) is 1.72. The van der Waals surface area contributed by atoms with Gasteiger partial charge in [-0.1, -0.05) is 0 Å². The molecule has 0 unspecified atom stereocenters. The molecule has 0 N–H and O–H groups in total. The van der Waals surface area contributed by atoms with Gasteiger partial charge in [0.05, 0.1) is 19.3 Å². The number of hydrogen-bond acceptors (Lipinski definition) is 5. The van der Waals surface area contributed by atoms with Crippen molar-refractivity contribution in [2.45, 2.75) is 26.4 Å². The Morgan fingerprint density at radius 3 is 2.29 bits per heavy atom. The van der Waals surface area contributed by atoms with E-state index in [2.05, 4.69) is 4.18 Å². The first-order chi connectivity index (χ1) is 7.57. The van der Waals surface area contributed by atoms with Crippen LogP contribution < -0.4 is 0 Å². The van der Waals surface area contributed by atoms with Crippen LogP contribution in [-0.4, -0.2) is 44.4 Å². The fourth-order valence-corrected chi connectivity index (χ4v) is 1.44. The van der Waals surface area contributed by atoms with E-state index in [0.29, 0.717) is 13.1 Å². The first kappa shape index (κ1) is 13.8. The van der Waals surface area contributed by atoms with Gasteiger partial charge in [-0.2, -0.15) is 8.42 Å². The molecule has 1 aliphatic rings. The molecule has 1 aliphatic heterocycles. The number of nitrogens with zero attached hydrogens (tertiary/aromatic N) is 1. The highest BCUT2D eigenvalue weighted by Crippen LogP contribution is 2.18. The highest BCUT2D eigenvalue weighted by molar-refractivity contribution is 7.86. The van der Waals surface area contributed by atoms with E-state index in [0.717, 1.165) is 18.1 Å². The summed E-state index contributed by atoms with van der Waals surface area (Å²) in [4.78, 5) is 13.0. The molecule has 1 fully saturated rings. The molecule has 0 saturated carbocycles. The Bertz CT molecular complexity index is 424. The molecule has 0 aliphatic carbocycles. The van der Waals surface area contributed by atoms with Crippen LogP contribution in [0.25, 0.3) is 0 Å². The monoisotopic (exact) mass is 263 g/mol. The third-order valence-corrected chi connectivity index (χ3v) is 2.27. The van der Waals surface area contributed by atoms with Crippen molar-refractivity contribution in [2.24, 2.45) is 0 Å². The SMILES string of the molecule is CC(C)(C)OC(=O)N1CC(=COS(C)(=O)=O)C1. The van der Waals surface area contributed by atoms with E-state index in [1.807, 2.05) is 0 Å². The Labute approximate surface area is 101 Å². The topological polar surface area (TPSA) is 72.9 Å². The van der Waals surface area contributed by atoms with Gasteiger partial charge in [0.15, 0.2) is 0 Å². The molecule has 17 heavy (non-hydrogen) atoms. The number of rotatable bonds is 2. The molecule has 0 bridgehead atoms. The van der Waals surface area contributed by atoms with E-state index < -0.39 is 21.8 Å². The molecule has 98 valence electrons. The Balaban J connectivity index is 2.39. The van der Waals surface area contributed by atoms with Crippen LogP contribution in [0.1, 0.15) is 20.8 Å². The lowest BCUT2D eigenvalue weighted by Crippen LogP contribution is -2.46. The van der Waals surface area contributed by atoms with Crippen LogP contribution in [0.2, 0.25) is 0 Å². The van der Waals surface area contributed by atoms with Crippen molar-refractivity contribution in [3.63, 3.8) is 0 Å². The third kappa shape index (κ3) is 5.08.